The molecule has 2 atom stereocenters. The molecule has 0 unspecified atom stereocenters. The first-order valence-corrected chi connectivity index (χ1v) is 14.0. The van der Waals surface area contributed by atoms with Gasteiger partial charge in [0.15, 0.2) is 0 Å². The number of carbonyl (C=O) groups excluding carboxylic acids is 2. The fourth-order valence-corrected chi connectivity index (χ4v) is 6.54. The lowest BCUT2D eigenvalue weighted by atomic mass is 9.94. The van der Waals surface area contributed by atoms with Crippen LogP contribution in [0.3, 0.4) is 0 Å². The van der Waals surface area contributed by atoms with E-state index >= 15 is 0 Å². The summed E-state index contributed by atoms with van der Waals surface area (Å²) in [4.78, 5) is 29.5. The zero-order valence-corrected chi connectivity index (χ0v) is 22.9. The second kappa shape index (κ2) is 11.4. The molecular formula is C26H30ClFN4O5S. The van der Waals surface area contributed by atoms with E-state index in [1.807, 2.05) is 11.8 Å². The topological polar surface area (TPSA) is 99.3 Å². The number of carbonyl (C=O) groups is 2. The maximum Gasteiger partial charge on any atom is 0.338 e. The first kappa shape index (κ1) is 28.0. The number of nitrogens with one attached hydrogen (secondary N) is 1. The van der Waals surface area contributed by atoms with Gasteiger partial charge >= 0.3 is 12.0 Å². The van der Waals surface area contributed by atoms with Crippen molar-refractivity contribution < 1.29 is 27.1 Å². The van der Waals surface area contributed by atoms with Crippen molar-refractivity contribution in [2.24, 2.45) is 0 Å². The van der Waals surface area contributed by atoms with Crippen LogP contribution in [0.25, 0.3) is 0 Å². The number of halogens is 2. The minimum absolute atomic E-state index is 0.126. The van der Waals surface area contributed by atoms with Gasteiger partial charge in [0.25, 0.3) is 0 Å². The maximum atomic E-state index is 14.0. The monoisotopic (exact) mass is 564 g/mol. The van der Waals surface area contributed by atoms with E-state index < -0.39 is 33.9 Å². The molecule has 204 valence electrons. The molecular weight excluding hydrogens is 535 g/mol. The fraction of sp³-hybridized carbons (Fsp3) is 0.385. The number of piperazine rings is 1. The van der Waals surface area contributed by atoms with Crippen molar-refractivity contribution >= 4 is 33.6 Å². The zero-order valence-electron chi connectivity index (χ0n) is 21.4. The summed E-state index contributed by atoms with van der Waals surface area (Å²) in [5, 5.41) is 3.22. The number of urea groups is 1. The predicted octanol–water partition coefficient (Wildman–Crippen LogP) is 3.39. The Balaban J connectivity index is 1.62. The van der Waals surface area contributed by atoms with E-state index in [1.54, 1.807) is 20.0 Å². The smallest absolute Gasteiger partial charge is 0.338 e. The average Bonchev–Trinajstić information content (AvgIpc) is 2.87. The lowest BCUT2D eigenvalue weighted by Gasteiger charge is -2.41. The van der Waals surface area contributed by atoms with Gasteiger partial charge in [-0.3, -0.25) is 9.80 Å². The average molecular weight is 565 g/mol. The number of nitrogens with zero attached hydrogens (tertiary/aromatic N) is 3. The van der Waals surface area contributed by atoms with Crippen molar-refractivity contribution in [1.29, 1.82) is 0 Å². The third-order valence-electron chi connectivity index (χ3n) is 6.70. The molecule has 12 heteroatoms. The van der Waals surface area contributed by atoms with Crippen LogP contribution in [-0.2, 0) is 19.6 Å². The molecule has 2 heterocycles. The van der Waals surface area contributed by atoms with Gasteiger partial charge in [0.05, 0.1) is 23.1 Å². The highest BCUT2D eigenvalue weighted by atomic mass is 35.5. The van der Waals surface area contributed by atoms with Crippen molar-refractivity contribution in [3.8, 4) is 0 Å². The number of hydrogen-bond donors (Lipinski definition) is 1. The number of sulfonamides is 1. The number of benzene rings is 2. The van der Waals surface area contributed by atoms with Crippen molar-refractivity contribution in [1.82, 2.24) is 19.4 Å². The number of esters is 1. The van der Waals surface area contributed by atoms with Crippen LogP contribution in [0.5, 0.6) is 0 Å². The predicted molar refractivity (Wildman–Crippen MR) is 140 cm³/mol. The van der Waals surface area contributed by atoms with E-state index in [9.17, 15) is 22.4 Å². The molecule has 9 nitrogen and oxygen atoms in total. The van der Waals surface area contributed by atoms with E-state index in [2.05, 4.69) is 5.32 Å². The number of amides is 2. The molecule has 38 heavy (non-hydrogen) atoms. The van der Waals surface area contributed by atoms with Crippen molar-refractivity contribution in [2.75, 3.05) is 39.8 Å². The van der Waals surface area contributed by atoms with Gasteiger partial charge in [0.2, 0.25) is 10.0 Å². The minimum atomic E-state index is -3.73. The van der Waals surface area contributed by atoms with Crippen LogP contribution in [-0.4, -0.2) is 80.4 Å². The molecule has 0 spiro atoms. The Hall–Kier alpha value is -2.99. The van der Waals surface area contributed by atoms with Gasteiger partial charge in [-0.05, 0) is 55.8 Å². The van der Waals surface area contributed by atoms with Crippen LogP contribution in [0, 0.1) is 5.82 Å². The zero-order chi connectivity index (χ0) is 27.6. The first-order chi connectivity index (χ1) is 18.0. The van der Waals surface area contributed by atoms with Gasteiger partial charge in [-0.2, -0.15) is 4.31 Å². The Morgan fingerprint density at radius 3 is 2.53 bits per heavy atom. The number of rotatable bonds is 7. The Labute approximate surface area is 226 Å². The summed E-state index contributed by atoms with van der Waals surface area (Å²) in [6.07, 6.45) is 0. The van der Waals surface area contributed by atoms with E-state index in [-0.39, 0.29) is 36.2 Å². The highest BCUT2D eigenvalue weighted by molar-refractivity contribution is 7.89. The molecule has 1 fully saturated rings. The summed E-state index contributed by atoms with van der Waals surface area (Å²) in [5.74, 6) is -1.10. The lowest BCUT2D eigenvalue weighted by molar-refractivity contribution is -0.139. The number of hydrogen-bond acceptors (Lipinski definition) is 6. The maximum absolute atomic E-state index is 14.0. The second-order valence-corrected chi connectivity index (χ2v) is 11.6. The van der Waals surface area contributed by atoms with Gasteiger partial charge in [-0.1, -0.05) is 23.7 Å². The van der Waals surface area contributed by atoms with Crippen molar-refractivity contribution in [2.45, 2.75) is 30.8 Å². The van der Waals surface area contributed by atoms with E-state index in [1.165, 1.54) is 51.7 Å². The molecule has 2 aliphatic heterocycles. The summed E-state index contributed by atoms with van der Waals surface area (Å²) >= 11 is 5.92. The highest BCUT2D eigenvalue weighted by Crippen LogP contribution is 2.32. The van der Waals surface area contributed by atoms with E-state index in [0.717, 1.165) is 0 Å². The molecule has 2 aliphatic rings. The van der Waals surface area contributed by atoms with Crippen LogP contribution in [0.2, 0.25) is 5.02 Å². The molecule has 0 saturated carbocycles. The Morgan fingerprint density at radius 2 is 1.89 bits per heavy atom. The molecule has 2 aromatic carbocycles. The van der Waals surface area contributed by atoms with Crippen LogP contribution >= 0.6 is 11.6 Å². The molecule has 1 saturated heterocycles. The molecule has 0 aromatic heterocycles. The summed E-state index contributed by atoms with van der Waals surface area (Å²) < 4.78 is 47.3. The number of ether oxygens (including phenoxy) is 1. The van der Waals surface area contributed by atoms with Gasteiger partial charge in [0.1, 0.15) is 5.82 Å². The molecule has 2 aromatic rings. The van der Waals surface area contributed by atoms with Gasteiger partial charge < -0.3 is 10.1 Å². The van der Waals surface area contributed by atoms with E-state index in [0.29, 0.717) is 29.4 Å². The normalized spacial score (nSPS) is 21.4. The second-order valence-electron chi connectivity index (χ2n) is 9.23. The Bertz CT molecular complexity index is 1350. The summed E-state index contributed by atoms with van der Waals surface area (Å²) in [6.45, 7) is 4.78. The largest absolute Gasteiger partial charge is 0.463 e. The van der Waals surface area contributed by atoms with Crippen LogP contribution in [0.1, 0.15) is 25.5 Å². The van der Waals surface area contributed by atoms with Gasteiger partial charge in [-0.25, -0.2) is 22.4 Å². The Morgan fingerprint density at radius 1 is 1.18 bits per heavy atom. The lowest BCUT2D eigenvalue weighted by Crippen LogP contribution is -2.56. The first-order valence-electron chi connectivity index (χ1n) is 12.2. The van der Waals surface area contributed by atoms with E-state index in [4.69, 9.17) is 16.3 Å². The molecule has 0 bridgehead atoms. The standard InChI is InChI=1S/C26H30ClFN4O5S/c1-4-37-25(33)23-22(30(3)26(34)29-24(23)18-6-5-7-20(28)14-18)16-31-12-13-32(17(2)15-31)38(35,36)21-10-8-19(27)9-11-21/h5-11,14,17,24H,4,12-13,15-16H2,1-3H3,(H,29,34)/t17-,24-/m1/s1. The van der Waals surface area contributed by atoms with Crippen LogP contribution in [0.4, 0.5) is 9.18 Å². The molecule has 1 N–H and O–H groups in total. The Kier molecular flexibility index (Phi) is 8.41. The quantitative estimate of drug-likeness (QED) is 0.518. The minimum Gasteiger partial charge on any atom is -0.463 e. The highest BCUT2D eigenvalue weighted by Gasteiger charge is 2.39. The molecule has 2 amide bonds. The van der Waals surface area contributed by atoms with Gasteiger partial charge in [-0.15, -0.1) is 0 Å². The molecule has 0 aliphatic carbocycles. The molecule has 4 rings (SSSR count). The van der Waals surface area contributed by atoms with Gasteiger partial charge in [0, 0.05) is 50.0 Å². The van der Waals surface area contributed by atoms with Crippen LogP contribution in [0.15, 0.2) is 64.7 Å². The van der Waals surface area contributed by atoms with Crippen LogP contribution < -0.4 is 5.32 Å². The molecule has 0 radical (unpaired) electrons. The van der Waals surface area contributed by atoms with Crippen molar-refractivity contribution in [3.63, 3.8) is 0 Å². The third-order valence-corrected chi connectivity index (χ3v) is 8.98. The van der Waals surface area contributed by atoms with Crippen molar-refractivity contribution in [3.05, 3.63) is 76.2 Å². The third kappa shape index (κ3) is 5.70. The summed E-state index contributed by atoms with van der Waals surface area (Å²) in [6, 6.07) is 10.0. The number of likely N-dealkylation sites (N-methyl/N-ethyl adjacent to an activating group) is 1. The summed E-state index contributed by atoms with van der Waals surface area (Å²) in [7, 11) is -2.18. The fourth-order valence-electron chi connectivity index (χ4n) is 4.81. The SMILES string of the molecule is CCOC(=O)C1=C(CN2CCN(S(=O)(=O)c3ccc(Cl)cc3)[C@H](C)C2)N(C)C(=O)N[C@@H]1c1cccc(F)c1. The summed E-state index contributed by atoms with van der Waals surface area (Å²) in [5.41, 5.74) is 1.05.